The highest BCUT2D eigenvalue weighted by Crippen LogP contribution is 2.32. The minimum Gasteiger partial charge on any atom is -0.263 e. The Morgan fingerprint density at radius 3 is 2.50 bits per heavy atom. The number of sulfone groups is 1. The first kappa shape index (κ1) is 12.1. The lowest BCUT2D eigenvalue weighted by molar-refractivity contribution is 0.429. The summed E-state index contributed by atoms with van der Waals surface area (Å²) in [5.74, 6) is 2.67. The quantitative estimate of drug-likeness (QED) is 0.887. The topological polar surface area (TPSA) is 75.7 Å². The van der Waals surface area contributed by atoms with E-state index in [9.17, 15) is 8.42 Å². The molecule has 1 saturated heterocycles. The molecule has 1 aliphatic heterocycles. The van der Waals surface area contributed by atoms with Crippen molar-refractivity contribution >= 4 is 9.84 Å². The van der Waals surface area contributed by atoms with Gasteiger partial charge in [0.2, 0.25) is 0 Å². The van der Waals surface area contributed by atoms with E-state index in [4.69, 9.17) is 0 Å². The summed E-state index contributed by atoms with van der Waals surface area (Å²) < 4.78 is 22.9. The van der Waals surface area contributed by atoms with Crippen LogP contribution in [0.3, 0.4) is 0 Å². The van der Waals surface area contributed by atoms with Crippen LogP contribution >= 0.6 is 0 Å². The Hall–Kier alpha value is -0.910. The van der Waals surface area contributed by atoms with Crippen molar-refractivity contribution in [3.05, 3.63) is 11.6 Å². The minimum absolute atomic E-state index is 0.00332. The van der Waals surface area contributed by atoms with E-state index in [1.54, 1.807) is 0 Å². The molecule has 6 heteroatoms. The summed E-state index contributed by atoms with van der Waals surface area (Å²) in [4.78, 5) is 4.55. The Kier molecular flexibility index (Phi) is 3.13. The Labute approximate surface area is 107 Å². The predicted molar refractivity (Wildman–Crippen MR) is 68.2 cm³/mol. The first-order valence-electron chi connectivity index (χ1n) is 6.77. The van der Waals surface area contributed by atoms with Crippen LogP contribution in [0.1, 0.15) is 62.0 Å². The summed E-state index contributed by atoms with van der Waals surface area (Å²) in [6, 6.07) is 0. The minimum atomic E-state index is -2.85. The van der Waals surface area contributed by atoms with Crippen LogP contribution in [-0.4, -0.2) is 35.1 Å². The summed E-state index contributed by atoms with van der Waals surface area (Å²) in [6.45, 7) is 0. The number of hydrogen-bond acceptors (Lipinski definition) is 4. The van der Waals surface area contributed by atoms with Gasteiger partial charge in [0.25, 0.3) is 0 Å². The number of nitrogens with zero attached hydrogens (tertiary/aromatic N) is 2. The van der Waals surface area contributed by atoms with E-state index in [1.165, 1.54) is 32.1 Å². The van der Waals surface area contributed by atoms with E-state index in [2.05, 4.69) is 15.2 Å². The van der Waals surface area contributed by atoms with Gasteiger partial charge in [0, 0.05) is 11.8 Å². The van der Waals surface area contributed by atoms with Gasteiger partial charge in [-0.2, -0.15) is 5.10 Å². The second kappa shape index (κ2) is 4.64. The van der Waals surface area contributed by atoms with Gasteiger partial charge in [-0.25, -0.2) is 13.4 Å². The van der Waals surface area contributed by atoms with Crippen molar-refractivity contribution in [1.82, 2.24) is 15.2 Å². The van der Waals surface area contributed by atoms with Crippen LogP contribution in [0.5, 0.6) is 0 Å². The second-order valence-electron chi connectivity index (χ2n) is 5.51. The first-order valence-corrected chi connectivity index (χ1v) is 8.59. The SMILES string of the molecule is O=S1(=O)CCC(c2n[nH]c(C3CCCCC3)n2)C1. The number of H-pyrrole nitrogens is 1. The van der Waals surface area contributed by atoms with E-state index in [1.807, 2.05) is 0 Å². The largest absolute Gasteiger partial charge is 0.263 e. The summed E-state index contributed by atoms with van der Waals surface area (Å²) in [6.07, 6.45) is 6.87. The fourth-order valence-corrected chi connectivity index (χ4v) is 4.77. The zero-order valence-corrected chi connectivity index (χ0v) is 11.2. The van der Waals surface area contributed by atoms with Crippen molar-refractivity contribution in [2.75, 3.05) is 11.5 Å². The molecule has 0 radical (unpaired) electrons. The van der Waals surface area contributed by atoms with Gasteiger partial charge in [-0.05, 0) is 19.3 Å². The third-order valence-corrected chi connectivity index (χ3v) is 5.88. The summed E-state index contributed by atoms with van der Waals surface area (Å²) in [7, 11) is -2.85. The van der Waals surface area contributed by atoms with Crippen molar-refractivity contribution in [3.63, 3.8) is 0 Å². The number of rotatable bonds is 2. The fourth-order valence-electron chi connectivity index (χ4n) is 3.03. The number of aromatic amines is 1. The number of nitrogens with one attached hydrogen (secondary N) is 1. The molecule has 2 fully saturated rings. The maximum Gasteiger partial charge on any atom is 0.154 e. The molecule has 0 spiro atoms. The highest BCUT2D eigenvalue weighted by molar-refractivity contribution is 7.91. The van der Waals surface area contributed by atoms with E-state index in [0.29, 0.717) is 18.2 Å². The molecule has 3 rings (SSSR count). The lowest BCUT2D eigenvalue weighted by Crippen LogP contribution is -2.07. The van der Waals surface area contributed by atoms with Crippen LogP contribution in [0.25, 0.3) is 0 Å². The molecule has 100 valence electrons. The van der Waals surface area contributed by atoms with Crippen LogP contribution in [0.15, 0.2) is 0 Å². The molecule has 1 aliphatic carbocycles. The van der Waals surface area contributed by atoms with Gasteiger partial charge in [0.1, 0.15) is 5.82 Å². The van der Waals surface area contributed by atoms with Crippen LogP contribution in [0, 0.1) is 0 Å². The molecular formula is C12H19N3O2S. The highest BCUT2D eigenvalue weighted by Gasteiger charge is 2.32. The van der Waals surface area contributed by atoms with Crippen LogP contribution in [0.2, 0.25) is 0 Å². The fraction of sp³-hybridized carbons (Fsp3) is 0.833. The second-order valence-corrected chi connectivity index (χ2v) is 7.74. The Balaban J connectivity index is 1.73. The first-order chi connectivity index (χ1) is 8.64. The van der Waals surface area contributed by atoms with Crippen molar-refractivity contribution in [2.24, 2.45) is 0 Å². The van der Waals surface area contributed by atoms with Crippen LogP contribution < -0.4 is 0 Å². The standard InChI is InChI=1S/C12H19N3O2S/c16-18(17)7-6-10(8-18)12-13-11(14-15-12)9-4-2-1-3-5-9/h9-10H,1-8H2,(H,13,14,15). The lowest BCUT2D eigenvalue weighted by atomic mass is 9.89. The average Bonchev–Trinajstić information content (AvgIpc) is 2.96. The molecule has 2 aliphatic rings. The van der Waals surface area contributed by atoms with Gasteiger partial charge < -0.3 is 0 Å². The molecule has 0 bridgehead atoms. The molecule has 1 unspecified atom stereocenters. The Bertz CT molecular complexity index is 517. The molecule has 1 aromatic heterocycles. The van der Waals surface area contributed by atoms with Crippen molar-refractivity contribution in [2.45, 2.75) is 50.4 Å². The molecule has 18 heavy (non-hydrogen) atoms. The van der Waals surface area contributed by atoms with Crippen LogP contribution in [0.4, 0.5) is 0 Å². The summed E-state index contributed by atoms with van der Waals surface area (Å²) in [5, 5.41) is 7.26. The van der Waals surface area contributed by atoms with Gasteiger partial charge in [-0.15, -0.1) is 0 Å². The summed E-state index contributed by atoms with van der Waals surface area (Å²) >= 11 is 0. The lowest BCUT2D eigenvalue weighted by Gasteiger charge is -2.18. The van der Waals surface area contributed by atoms with Gasteiger partial charge in [-0.1, -0.05) is 19.3 Å². The third kappa shape index (κ3) is 2.43. The van der Waals surface area contributed by atoms with Crippen molar-refractivity contribution < 1.29 is 8.42 Å². The van der Waals surface area contributed by atoms with E-state index in [0.717, 1.165) is 5.82 Å². The normalized spacial score (nSPS) is 28.6. The van der Waals surface area contributed by atoms with Crippen LogP contribution in [-0.2, 0) is 9.84 Å². The molecule has 0 amide bonds. The van der Waals surface area contributed by atoms with Gasteiger partial charge in [-0.3, -0.25) is 5.10 Å². The van der Waals surface area contributed by atoms with E-state index in [-0.39, 0.29) is 17.4 Å². The Morgan fingerprint density at radius 2 is 1.83 bits per heavy atom. The highest BCUT2D eigenvalue weighted by atomic mass is 32.2. The van der Waals surface area contributed by atoms with Crippen molar-refractivity contribution in [3.8, 4) is 0 Å². The zero-order chi connectivity index (χ0) is 12.6. The summed E-state index contributed by atoms with van der Waals surface area (Å²) in [5.41, 5.74) is 0. The molecule has 1 aromatic rings. The molecule has 1 atom stereocenters. The van der Waals surface area contributed by atoms with Gasteiger partial charge >= 0.3 is 0 Å². The molecule has 5 nitrogen and oxygen atoms in total. The molecule has 1 saturated carbocycles. The monoisotopic (exact) mass is 269 g/mol. The number of aromatic nitrogens is 3. The smallest absolute Gasteiger partial charge is 0.154 e. The van der Waals surface area contributed by atoms with Crippen molar-refractivity contribution in [1.29, 1.82) is 0 Å². The average molecular weight is 269 g/mol. The Morgan fingerprint density at radius 1 is 1.06 bits per heavy atom. The maximum absolute atomic E-state index is 11.5. The molecule has 0 aromatic carbocycles. The molecular weight excluding hydrogens is 250 g/mol. The van der Waals surface area contributed by atoms with Gasteiger partial charge in [0.05, 0.1) is 11.5 Å². The van der Waals surface area contributed by atoms with E-state index >= 15 is 0 Å². The molecule has 1 N–H and O–H groups in total. The zero-order valence-electron chi connectivity index (χ0n) is 10.4. The maximum atomic E-state index is 11.5. The van der Waals surface area contributed by atoms with E-state index < -0.39 is 9.84 Å². The third-order valence-electron chi connectivity index (χ3n) is 4.11. The number of hydrogen-bond donors (Lipinski definition) is 1. The predicted octanol–water partition coefficient (Wildman–Crippen LogP) is 1.75. The van der Waals surface area contributed by atoms with Gasteiger partial charge in [0.15, 0.2) is 15.7 Å². The molecule has 2 heterocycles.